The summed E-state index contributed by atoms with van der Waals surface area (Å²) in [7, 11) is 1.73. The van der Waals surface area contributed by atoms with Crippen LogP contribution in [0.15, 0.2) is 18.2 Å². The molecule has 0 aliphatic carbocycles. The Balaban J connectivity index is 2.08. The van der Waals surface area contributed by atoms with Gasteiger partial charge >= 0.3 is 0 Å². The van der Waals surface area contributed by atoms with Crippen molar-refractivity contribution < 1.29 is 4.74 Å². The van der Waals surface area contributed by atoms with Crippen LogP contribution in [0.3, 0.4) is 0 Å². The van der Waals surface area contributed by atoms with Gasteiger partial charge < -0.3 is 10.1 Å². The molecule has 0 aromatic heterocycles. The molecular weight excluding hydrogens is 212 g/mol. The van der Waals surface area contributed by atoms with E-state index in [0.717, 1.165) is 44.9 Å². The van der Waals surface area contributed by atoms with Gasteiger partial charge in [-0.25, -0.2) is 0 Å². The van der Waals surface area contributed by atoms with Crippen molar-refractivity contribution in [1.29, 1.82) is 0 Å². The molecule has 0 amide bonds. The lowest BCUT2D eigenvalue weighted by molar-refractivity contribution is 0.232. The predicted octanol–water partition coefficient (Wildman–Crippen LogP) is 1.66. The van der Waals surface area contributed by atoms with Crippen molar-refractivity contribution in [3.8, 4) is 5.75 Å². The molecule has 0 saturated carbocycles. The van der Waals surface area contributed by atoms with Gasteiger partial charge in [0.05, 0.1) is 7.11 Å². The van der Waals surface area contributed by atoms with E-state index in [2.05, 4.69) is 35.3 Å². The van der Waals surface area contributed by atoms with Gasteiger partial charge in [-0.3, -0.25) is 4.90 Å². The highest BCUT2D eigenvalue weighted by Crippen LogP contribution is 2.19. The lowest BCUT2D eigenvalue weighted by Gasteiger charge is -2.28. The maximum absolute atomic E-state index is 5.28. The van der Waals surface area contributed by atoms with Crippen molar-refractivity contribution in [2.45, 2.75) is 19.9 Å². The fourth-order valence-electron chi connectivity index (χ4n) is 2.32. The zero-order valence-electron chi connectivity index (χ0n) is 10.8. The number of methoxy groups -OCH3 is 1. The van der Waals surface area contributed by atoms with E-state index in [0.29, 0.717) is 0 Å². The van der Waals surface area contributed by atoms with Crippen molar-refractivity contribution in [3.63, 3.8) is 0 Å². The summed E-state index contributed by atoms with van der Waals surface area (Å²) in [5, 5.41) is 3.39. The van der Waals surface area contributed by atoms with Crippen LogP contribution in [0.2, 0.25) is 0 Å². The van der Waals surface area contributed by atoms with Crippen LogP contribution < -0.4 is 10.1 Å². The Hall–Kier alpha value is -1.06. The van der Waals surface area contributed by atoms with Crippen molar-refractivity contribution >= 4 is 0 Å². The summed E-state index contributed by atoms with van der Waals surface area (Å²) in [5.41, 5.74) is 2.85. The fraction of sp³-hybridized carbons (Fsp3) is 0.571. The van der Waals surface area contributed by atoms with Gasteiger partial charge in [0.15, 0.2) is 0 Å². The van der Waals surface area contributed by atoms with Gasteiger partial charge in [0.2, 0.25) is 0 Å². The van der Waals surface area contributed by atoms with E-state index >= 15 is 0 Å². The summed E-state index contributed by atoms with van der Waals surface area (Å²) in [6, 6.07) is 6.44. The van der Waals surface area contributed by atoms with Gasteiger partial charge in [-0.15, -0.1) is 0 Å². The van der Waals surface area contributed by atoms with E-state index in [1.54, 1.807) is 7.11 Å². The molecule has 1 aliphatic heterocycles. The van der Waals surface area contributed by atoms with E-state index in [4.69, 9.17) is 4.74 Å². The van der Waals surface area contributed by atoms with E-state index in [9.17, 15) is 0 Å². The van der Waals surface area contributed by atoms with E-state index < -0.39 is 0 Å². The number of nitrogens with zero attached hydrogens (tertiary/aromatic N) is 1. The summed E-state index contributed by atoms with van der Waals surface area (Å²) in [6.45, 7) is 7.78. The molecule has 0 atom stereocenters. The Morgan fingerprint density at radius 1 is 1.24 bits per heavy atom. The van der Waals surface area contributed by atoms with E-state index in [1.807, 2.05) is 0 Å². The Morgan fingerprint density at radius 2 is 2.00 bits per heavy atom. The number of hydrogen-bond acceptors (Lipinski definition) is 3. The summed E-state index contributed by atoms with van der Waals surface area (Å²) < 4.78 is 5.28. The smallest absolute Gasteiger partial charge is 0.119 e. The zero-order valence-corrected chi connectivity index (χ0v) is 10.8. The molecule has 94 valence electrons. The Labute approximate surface area is 104 Å². The van der Waals surface area contributed by atoms with Crippen LogP contribution in [0.25, 0.3) is 0 Å². The Bertz CT molecular complexity index is 359. The number of nitrogens with one attached hydrogen (secondary N) is 1. The predicted molar refractivity (Wildman–Crippen MR) is 70.5 cm³/mol. The molecule has 1 heterocycles. The monoisotopic (exact) mass is 234 g/mol. The second-order valence-corrected chi connectivity index (χ2v) is 4.51. The van der Waals surface area contributed by atoms with Crippen LogP contribution >= 0.6 is 0 Å². The second kappa shape index (κ2) is 6.03. The van der Waals surface area contributed by atoms with Gasteiger partial charge in [0.25, 0.3) is 0 Å². The molecule has 2 rings (SSSR count). The average molecular weight is 234 g/mol. The molecule has 1 aromatic carbocycles. The highest BCUT2D eigenvalue weighted by molar-refractivity contribution is 5.35. The van der Waals surface area contributed by atoms with Gasteiger partial charge in [0.1, 0.15) is 5.75 Å². The van der Waals surface area contributed by atoms with E-state index in [-0.39, 0.29) is 0 Å². The van der Waals surface area contributed by atoms with Crippen molar-refractivity contribution in [3.05, 3.63) is 29.3 Å². The standard InChI is InChI=1S/C14H22N2O/c1-3-12-10-14(17-2)5-4-13(12)11-16-8-6-15-7-9-16/h4-5,10,15H,3,6-9,11H2,1-2H3. The molecule has 3 nitrogen and oxygen atoms in total. The van der Waals surface area contributed by atoms with Crippen molar-refractivity contribution in [1.82, 2.24) is 10.2 Å². The topological polar surface area (TPSA) is 24.5 Å². The third-order valence-electron chi connectivity index (χ3n) is 3.40. The quantitative estimate of drug-likeness (QED) is 0.857. The number of ether oxygens (including phenoxy) is 1. The summed E-state index contributed by atoms with van der Waals surface area (Å²) in [6.07, 6.45) is 1.07. The maximum atomic E-state index is 5.28. The van der Waals surface area contributed by atoms with Crippen LogP contribution in [-0.2, 0) is 13.0 Å². The first kappa shape index (κ1) is 12.4. The third-order valence-corrected chi connectivity index (χ3v) is 3.40. The number of aryl methyl sites for hydroxylation is 1. The zero-order chi connectivity index (χ0) is 12.1. The SMILES string of the molecule is CCc1cc(OC)ccc1CN1CCNCC1. The van der Waals surface area contributed by atoms with Crippen molar-refractivity contribution in [2.24, 2.45) is 0 Å². The second-order valence-electron chi connectivity index (χ2n) is 4.51. The molecule has 0 spiro atoms. The first-order chi connectivity index (χ1) is 8.33. The van der Waals surface area contributed by atoms with Crippen LogP contribution in [0.4, 0.5) is 0 Å². The van der Waals surface area contributed by atoms with Gasteiger partial charge in [0, 0.05) is 32.7 Å². The maximum Gasteiger partial charge on any atom is 0.119 e. The lowest BCUT2D eigenvalue weighted by Crippen LogP contribution is -2.43. The summed E-state index contributed by atoms with van der Waals surface area (Å²) in [4.78, 5) is 2.51. The Kier molecular flexibility index (Phi) is 4.40. The largest absolute Gasteiger partial charge is 0.497 e. The highest BCUT2D eigenvalue weighted by Gasteiger charge is 2.12. The summed E-state index contributed by atoms with van der Waals surface area (Å²) >= 11 is 0. The molecule has 1 aromatic rings. The number of benzene rings is 1. The molecule has 1 fully saturated rings. The normalized spacial score (nSPS) is 17.1. The molecule has 1 saturated heterocycles. The fourth-order valence-corrected chi connectivity index (χ4v) is 2.32. The van der Waals surface area contributed by atoms with E-state index in [1.165, 1.54) is 11.1 Å². The molecule has 1 N–H and O–H groups in total. The average Bonchev–Trinajstić information content (AvgIpc) is 2.40. The molecule has 17 heavy (non-hydrogen) atoms. The molecule has 0 bridgehead atoms. The minimum atomic E-state index is 0.964. The van der Waals surface area contributed by atoms with Crippen molar-refractivity contribution in [2.75, 3.05) is 33.3 Å². The van der Waals surface area contributed by atoms with Crippen LogP contribution in [0.5, 0.6) is 5.75 Å². The molecule has 1 aliphatic rings. The van der Waals surface area contributed by atoms with Gasteiger partial charge in [-0.05, 0) is 29.7 Å². The van der Waals surface area contributed by atoms with Crippen LogP contribution in [0, 0.1) is 0 Å². The molecule has 3 heteroatoms. The number of rotatable bonds is 4. The molecule has 0 radical (unpaired) electrons. The van der Waals surface area contributed by atoms with Crippen LogP contribution in [-0.4, -0.2) is 38.2 Å². The Morgan fingerprint density at radius 3 is 2.65 bits per heavy atom. The lowest BCUT2D eigenvalue weighted by atomic mass is 10.0. The number of piperazine rings is 1. The minimum Gasteiger partial charge on any atom is -0.497 e. The third kappa shape index (κ3) is 3.20. The van der Waals surface area contributed by atoms with Crippen LogP contribution in [0.1, 0.15) is 18.1 Å². The summed E-state index contributed by atoms with van der Waals surface area (Å²) in [5.74, 6) is 0.964. The molecule has 0 unspecified atom stereocenters. The molecular formula is C14H22N2O. The number of hydrogen-bond donors (Lipinski definition) is 1. The van der Waals surface area contributed by atoms with Gasteiger partial charge in [-0.1, -0.05) is 13.0 Å². The highest BCUT2D eigenvalue weighted by atomic mass is 16.5. The minimum absolute atomic E-state index is 0.964. The van der Waals surface area contributed by atoms with Gasteiger partial charge in [-0.2, -0.15) is 0 Å². The first-order valence-electron chi connectivity index (χ1n) is 6.42. The first-order valence-corrected chi connectivity index (χ1v) is 6.42.